The molecule has 0 spiro atoms. The molecule has 0 aromatic heterocycles. The fraction of sp³-hybridized carbons (Fsp3) is 0.857. The number of rotatable bonds is 1. The molecule has 2 nitrogen and oxygen atoms in total. The fourth-order valence-electron chi connectivity index (χ4n) is 0.998. The van der Waals surface area contributed by atoms with Crippen LogP contribution in [0.5, 0.6) is 0 Å². The van der Waals surface area contributed by atoms with Crippen molar-refractivity contribution in [2.24, 2.45) is 11.8 Å². The second-order valence-corrected chi connectivity index (χ2v) is 3.05. The van der Waals surface area contributed by atoms with Gasteiger partial charge in [0, 0.05) is 20.0 Å². The van der Waals surface area contributed by atoms with E-state index in [-0.39, 0.29) is 0 Å². The first-order chi connectivity index (χ1) is 4.13. The van der Waals surface area contributed by atoms with Gasteiger partial charge in [-0.15, -0.1) is 0 Å². The number of nitrogens with zero attached hydrogens (tertiary/aromatic N) is 1. The molecule has 1 amide bonds. The van der Waals surface area contributed by atoms with Gasteiger partial charge in [-0.05, 0) is 12.3 Å². The molecule has 2 atom stereocenters. The van der Waals surface area contributed by atoms with Gasteiger partial charge in [0.2, 0.25) is 5.91 Å². The Morgan fingerprint density at radius 1 is 1.56 bits per heavy atom. The van der Waals surface area contributed by atoms with Crippen LogP contribution in [0.25, 0.3) is 0 Å². The van der Waals surface area contributed by atoms with Crippen molar-refractivity contribution in [2.75, 3.05) is 14.1 Å². The van der Waals surface area contributed by atoms with E-state index in [0.29, 0.717) is 17.7 Å². The Kier molecular flexibility index (Phi) is 1.47. The molecule has 0 aromatic carbocycles. The summed E-state index contributed by atoms with van der Waals surface area (Å²) in [5, 5.41) is 0. The number of carbonyl (C=O) groups is 1. The molecule has 9 heavy (non-hydrogen) atoms. The van der Waals surface area contributed by atoms with E-state index in [1.807, 2.05) is 14.1 Å². The Hall–Kier alpha value is -0.530. The number of hydrogen-bond acceptors (Lipinski definition) is 1. The van der Waals surface area contributed by atoms with E-state index in [4.69, 9.17) is 0 Å². The predicted molar refractivity (Wildman–Crippen MR) is 36.0 cm³/mol. The van der Waals surface area contributed by atoms with Crippen molar-refractivity contribution in [1.29, 1.82) is 0 Å². The summed E-state index contributed by atoms with van der Waals surface area (Å²) in [6, 6.07) is 0. The van der Waals surface area contributed by atoms with Gasteiger partial charge in [0.25, 0.3) is 0 Å². The lowest BCUT2D eigenvalue weighted by atomic mass is 10.3. The Balaban J connectivity index is 2.36. The zero-order valence-corrected chi connectivity index (χ0v) is 6.22. The summed E-state index contributed by atoms with van der Waals surface area (Å²) in [5.74, 6) is 1.28. The van der Waals surface area contributed by atoms with E-state index in [0.717, 1.165) is 6.42 Å². The minimum absolute atomic E-state index is 0.294. The zero-order chi connectivity index (χ0) is 7.02. The van der Waals surface area contributed by atoms with Crippen molar-refractivity contribution in [2.45, 2.75) is 13.3 Å². The molecular formula is C7H13NO. The maximum atomic E-state index is 11.0. The van der Waals surface area contributed by atoms with Crippen molar-refractivity contribution in [1.82, 2.24) is 4.90 Å². The summed E-state index contributed by atoms with van der Waals surface area (Å²) in [6.07, 6.45) is 1.09. The van der Waals surface area contributed by atoms with Gasteiger partial charge in [0.15, 0.2) is 0 Å². The van der Waals surface area contributed by atoms with Crippen molar-refractivity contribution in [3.05, 3.63) is 0 Å². The Morgan fingerprint density at radius 3 is 2.11 bits per heavy atom. The van der Waals surface area contributed by atoms with Crippen LogP contribution in [0.15, 0.2) is 0 Å². The average Bonchev–Trinajstić information content (AvgIpc) is 2.44. The maximum Gasteiger partial charge on any atom is 0.225 e. The summed E-state index contributed by atoms with van der Waals surface area (Å²) in [4.78, 5) is 12.7. The Labute approximate surface area is 55.8 Å². The van der Waals surface area contributed by atoms with E-state index >= 15 is 0 Å². The van der Waals surface area contributed by atoms with Crippen molar-refractivity contribution >= 4 is 5.91 Å². The SMILES string of the molecule is C[C@H]1C[C@@H]1C(=O)N(C)C. The Morgan fingerprint density at radius 2 is 2.00 bits per heavy atom. The molecule has 0 bridgehead atoms. The summed E-state index contributed by atoms with van der Waals surface area (Å²) in [6.45, 7) is 2.12. The first kappa shape index (κ1) is 6.59. The van der Waals surface area contributed by atoms with E-state index in [1.165, 1.54) is 0 Å². The second kappa shape index (κ2) is 2.01. The van der Waals surface area contributed by atoms with Crippen LogP contribution < -0.4 is 0 Å². The molecule has 0 N–H and O–H groups in total. The highest BCUT2D eigenvalue weighted by atomic mass is 16.2. The lowest BCUT2D eigenvalue weighted by Gasteiger charge is -2.08. The molecule has 0 aliphatic heterocycles. The average molecular weight is 127 g/mol. The highest BCUT2D eigenvalue weighted by molar-refractivity contribution is 5.80. The van der Waals surface area contributed by atoms with Crippen LogP contribution in [-0.4, -0.2) is 24.9 Å². The van der Waals surface area contributed by atoms with E-state index in [2.05, 4.69) is 6.92 Å². The molecular weight excluding hydrogens is 114 g/mol. The normalized spacial score (nSPS) is 31.9. The lowest BCUT2D eigenvalue weighted by Crippen LogP contribution is -2.23. The van der Waals surface area contributed by atoms with Gasteiger partial charge in [-0.3, -0.25) is 4.79 Å². The lowest BCUT2D eigenvalue weighted by molar-refractivity contribution is -0.130. The minimum Gasteiger partial charge on any atom is -0.349 e. The van der Waals surface area contributed by atoms with Crippen molar-refractivity contribution < 1.29 is 4.79 Å². The molecule has 52 valence electrons. The highest BCUT2D eigenvalue weighted by Crippen LogP contribution is 2.38. The third-order valence-corrected chi connectivity index (χ3v) is 1.87. The van der Waals surface area contributed by atoms with Crippen LogP contribution in [0, 0.1) is 11.8 Å². The van der Waals surface area contributed by atoms with Crippen LogP contribution in [0.3, 0.4) is 0 Å². The van der Waals surface area contributed by atoms with E-state index in [9.17, 15) is 4.79 Å². The van der Waals surface area contributed by atoms with Crippen LogP contribution in [0.1, 0.15) is 13.3 Å². The van der Waals surface area contributed by atoms with E-state index in [1.54, 1.807) is 4.90 Å². The molecule has 1 fully saturated rings. The molecule has 0 aromatic rings. The van der Waals surface area contributed by atoms with Crippen LogP contribution in [0.2, 0.25) is 0 Å². The largest absolute Gasteiger partial charge is 0.349 e. The molecule has 0 heterocycles. The van der Waals surface area contributed by atoms with Gasteiger partial charge in [0.05, 0.1) is 0 Å². The predicted octanol–water partition coefficient (Wildman–Crippen LogP) is 0.731. The minimum atomic E-state index is 0.294. The fourth-order valence-corrected chi connectivity index (χ4v) is 0.998. The maximum absolute atomic E-state index is 11.0. The summed E-state index contributed by atoms with van der Waals surface area (Å²) in [5.41, 5.74) is 0. The molecule has 0 unspecified atom stereocenters. The monoisotopic (exact) mass is 127 g/mol. The van der Waals surface area contributed by atoms with Gasteiger partial charge >= 0.3 is 0 Å². The molecule has 1 rings (SSSR count). The smallest absolute Gasteiger partial charge is 0.225 e. The van der Waals surface area contributed by atoms with Crippen LogP contribution in [-0.2, 0) is 4.79 Å². The quantitative estimate of drug-likeness (QED) is 0.508. The van der Waals surface area contributed by atoms with Crippen molar-refractivity contribution in [3.63, 3.8) is 0 Å². The third-order valence-electron chi connectivity index (χ3n) is 1.87. The number of carbonyl (C=O) groups excluding carboxylic acids is 1. The van der Waals surface area contributed by atoms with Gasteiger partial charge < -0.3 is 4.90 Å². The summed E-state index contributed by atoms with van der Waals surface area (Å²) < 4.78 is 0. The molecule has 0 saturated heterocycles. The molecule has 2 heteroatoms. The first-order valence-electron chi connectivity index (χ1n) is 3.34. The molecule has 0 radical (unpaired) electrons. The van der Waals surface area contributed by atoms with Gasteiger partial charge in [-0.2, -0.15) is 0 Å². The highest BCUT2D eigenvalue weighted by Gasteiger charge is 2.39. The molecule has 1 aliphatic carbocycles. The summed E-state index contributed by atoms with van der Waals surface area (Å²) >= 11 is 0. The van der Waals surface area contributed by atoms with E-state index < -0.39 is 0 Å². The second-order valence-electron chi connectivity index (χ2n) is 3.05. The number of hydrogen-bond donors (Lipinski definition) is 0. The van der Waals surface area contributed by atoms with Gasteiger partial charge in [-0.1, -0.05) is 6.92 Å². The topological polar surface area (TPSA) is 20.3 Å². The van der Waals surface area contributed by atoms with Gasteiger partial charge in [-0.25, -0.2) is 0 Å². The molecule has 1 saturated carbocycles. The van der Waals surface area contributed by atoms with Crippen LogP contribution in [0.4, 0.5) is 0 Å². The zero-order valence-electron chi connectivity index (χ0n) is 6.22. The Bertz CT molecular complexity index is 131. The molecule has 1 aliphatic rings. The standard InChI is InChI=1S/C7H13NO/c1-5-4-6(5)7(9)8(2)3/h5-6H,4H2,1-3H3/t5-,6-/m0/s1. The number of amides is 1. The van der Waals surface area contributed by atoms with Crippen LogP contribution >= 0.6 is 0 Å². The first-order valence-corrected chi connectivity index (χ1v) is 3.34. The van der Waals surface area contributed by atoms with Gasteiger partial charge in [0.1, 0.15) is 0 Å². The third kappa shape index (κ3) is 1.23. The summed E-state index contributed by atoms with van der Waals surface area (Å²) in [7, 11) is 3.63. The van der Waals surface area contributed by atoms with Crippen molar-refractivity contribution in [3.8, 4) is 0 Å².